The molecule has 9 nitrogen and oxygen atoms in total. The number of aryl methyl sites for hydroxylation is 1. The van der Waals surface area contributed by atoms with Crippen molar-refractivity contribution in [2.24, 2.45) is 0 Å². The first kappa shape index (κ1) is 19.3. The molecule has 0 N–H and O–H groups in total. The maximum absolute atomic E-state index is 12.9. The topological polar surface area (TPSA) is 108 Å². The average Bonchev–Trinajstić information content (AvgIpc) is 3.12. The number of benzene rings is 1. The van der Waals surface area contributed by atoms with E-state index in [0.29, 0.717) is 5.69 Å². The molecule has 0 unspecified atom stereocenters. The number of hydrogen-bond donors (Lipinski definition) is 0. The first-order valence-corrected chi connectivity index (χ1v) is 8.73. The Morgan fingerprint density at radius 1 is 1.36 bits per heavy atom. The van der Waals surface area contributed by atoms with Gasteiger partial charge in [0, 0.05) is 12.7 Å². The van der Waals surface area contributed by atoms with Gasteiger partial charge in [-0.15, -0.1) is 0 Å². The lowest BCUT2D eigenvalue weighted by Crippen LogP contribution is -2.37. The van der Waals surface area contributed by atoms with Gasteiger partial charge in [-0.2, -0.15) is 0 Å². The fourth-order valence-electron chi connectivity index (χ4n) is 2.84. The normalized spacial score (nSPS) is 12.0. The van der Waals surface area contributed by atoms with Gasteiger partial charge in [0.2, 0.25) is 11.6 Å². The van der Waals surface area contributed by atoms with E-state index in [1.165, 1.54) is 11.2 Å². The van der Waals surface area contributed by atoms with Crippen LogP contribution < -0.4 is 10.5 Å². The molecule has 0 aliphatic carbocycles. The molecular weight excluding hydrogens is 364 g/mol. The van der Waals surface area contributed by atoms with Crippen molar-refractivity contribution in [3.8, 4) is 0 Å². The van der Waals surface area contributed by atoms with Gasteiger partial charge in [-0.1, -0.05) is 17.3 Å². The van der Waals surface area contributed by atoms with E-state index in [-0.39, 0.29) is 29.3 Å². The van der Waals surface area contributed by atoms with Crippen molar-refractivity contribution in [3.63, 3.8) is 0 Å². The van der Waals surface area contributed by atoms with Gasteiger partial charge in [0.15, 0.2) is 0 Å². The fraction of sp³-hybridized carbons (Fsp3) is 0.316. The SMILES string of the molecule is CCOC(=O)c1noc2ncn([C@H](C)C(=O)N(C)c3cccc(C)c3)c(=O)c12. The quantitative estimate of drug-likeness (QED) is 0.620. The summed E-state index contributed by atoms with van der Waals surface area (Å²) in [6.07, 6.45) is 1.21. The highest BCUT2D eigenvalue weighted by atomic mass is 16.5. The highest BCUT2D eigenvalue weighted by Gasteiger charge is 2.26. The van der Waals surface area contributed by atoms with Gasteiger partial charge < -0.3 is 14.2 Å². The minimum Gasteiger partial charge on any atom is -0.461 e. The Morgan fingerprint density at radius 3 is 2.79 bits per heavy atom. The zero-order chi connectivity index (χ0) is 20.4. The highest BCUT2D eigenvalue weighted by molar-refractivity contribution is 6.00. The first-order chi connectivity index (χ1) is 13.3. The molecule has 146 valence electrons. The Labute approximate surface area is 160 Å². The lowest BCUT2D eigenvalue weighted by molar-refractivity contribution is -0.121. The number of ether oxygens (including phenoxy) is 1. The number of carbonyl (C=O) groups excluding carboxylic acids is 2. The minimum atomic E-state index is -0.861. The molecule has 1 aromatic carbocycles. The molecule has 0 radical (unpaired) electrons. The van der Waals surface area contributed by atoms with Crippen molar-refractivity contribution in [1.29, 1.82) is 0 Å². The van der Waals surface area contributed by atoms with Crippen LogP contribution in [0.4, 0.5) is 5.69 Å². The Hall–Kier alpha value is -3.49. The van der Waals surface area contributed by atoms with Crippen molar-refractivity contribution in [3.05, 3.63) is 52.2 Å². The molecule has 28 heavy (non-hydrogen) atoms. The van der Waals surface area contributed by atoms with Crippen LogP contribution in [0.15, 0.2) is 39.9 Å². The molecule has 0 bridgehead atoms. The summed E-state index contributed by atoms with van der Waals surface area (Å²) in [4.78, 5) is 43.3. The average molecular weight is 384 g/mol. The van der Waals surface area contributed by atoms with Crippen molar-refractivity contribution in [2.75, 3.05) is 18.6 Å². The maximum atomic E-state index is 12.9. The van der Waals surface area contributed by atoms with E-state index >= 15 is 0 Å². The maximum Gasteiger partial charge on any atom is 0.361 e. The van der Waals surface area contributed by atoms with Crippen LogP contribution in [0.1, 0.15) is 35.9 Å². The summed E-state index contributed by atoms with van der Waals surface area (Å²) < 4.78 is 11.0. The van der Waals surface area contributed by atoms with E-state index < -0.39 is 17.6 Å². The number of hydrogen-bond acceptors (Lipinski definition) is 7. The Balaban J connectivity index is 1.99. The largest absolute Gasteiger partial charge is 0.461 e. The van der Waals surface area contributed by atoms with Crippen molar-refractivity contribution in [1.82, 2.24) is 14.7 Å². The van der Waals surface area contributed by atoms with E-state index in [9.17, 15) is 14.4 Å². The lowest BCUT2D eigenvalue weighted by atomic mass is 10.2. The number of anilines is 1. The smallest absolute Gasteiger partial charge is 0.361 e. The first-order valence-electron chi connectivity index (χ1n) is 8.73. The number of carbonyl (C=O) groups is 2. The van der Waals surface area contributed by atoms with Gasteiger partial charge in [-0.25, -0.2) is 9.78 Å². The molecule has 9 heteroatoms. The molecule has 0 saturated carbocycles. The van der Waals surface area contributed by atoms with Crippen LogP contribution >= 0.6 is 0 Å². The Bertz CT molecular complexity index is 1100. The highest BCUT2D eigenvalue weighted by Crippen LogP contribution is 2.19. The molecule has 3 aromatic rings. The minimum absolute atomic E-state index is 0.0870. The third kappa shape index (κ3) is 3.38. The number of likely N-dealkylation sites (N-methyl/N-ethyl adjacent to an activating group) is 1. The van der Waals surface area contributed by atoms with E-state index in [0.717, 1.165) is 10.1 Å². The predicted molar refractivity (Wildman–Crippen MR) is 101 cm³/mol. The summed E-state index contributed by atoms with van der Waals surface area (Å²) in [5.41, 5.74) is 0.768. The van der Waals surface area contributed by atoms with Gasteiger partial charge in [0.05, 0.1) is 6.61 Å². The third-order valence-electron chi connectivity index (χ3n) is 4.38. The summed E-state index contributed by atoms with van der Waals surface area (Å²) in [7, 11) is 1.63. The van der Waals surface area contributed by atoms with Crippen LogP contribution in [0.5, 0.6) is 0 Å². The molecule has 2 aromatic heterocycles. The van der Waals surface area contributed by atoms with Crippen LogP contribution in [-0.4, -0.2) is 40.2 Å². The van der Waals surface area contributed by atoms with E-state index in [1.54, 1.807) is 27.0 Å². The van der Waals surface area contributed by atoms with Gasteiger partial charge >= 0.3 is 5.97 Å². The van der Waals surface area contributed by atoms with Crippen LogP contribution in [0, 0.1) is 6.92 Å². The number of fused-ring (bicyclic) bond motifs is 1. The van der Waals surface area contributed by atoms with Gasteiger partial charge in [-0.05, 0) is 38.5 Å². The fourth-order valence-corrected chi connectivity index (χ4v) is 2.84. The molecule has 3 rings (SSSR count). The molecule has 0 saturated heterocycles. The monoisotopic (exact) mass is 384 g/mol. The van der Waals surface area contributed by atoms with E-state index in [2.05, 4.69) is 10.1 Å². The van der Waals surface area contributed by atoms with E-state index in [1.807, 2.05) is 25.1 Å². The number of esters is 1. The Kier molecular flexibility index (Phi) is 5.25. The zero-order valence-electron chi connectivity index (χ0n) is 16.0. The second kappa shape index (κ2) is 7.63. The number of aromatic nitrogens is 3. The molecule has 0 fully saturated rings. The summed E-state index contributed by atoms with van der Waals surface area (Å²) in [5.74, 6) is -1.10. The van der Waals surface area contributed by atoms with Crippen molar-refractivity contribution < 1.29 is 18.8 Å². The predicted octanol–water partition coefficient (Wildman–Crippen LogP) is 2.09. The number of amides is 1. The second-order valence-corrected chi connectivity index (χ2v) is 6.30. The van der Waals surface area contributed by atoms with E-state index in [4.69, 9.17) is 9.26 Å². The lowest BCUT2D eigenvalue weighted by Gasteiger charge is -2.23. The summed E-state index contributed by atoms with van der Waals surface area (Å²) in [6, 6.07) is 6.59. The molecule has 1 amide bonds. The zero-order valence-corrected chi connectivity index (χ0v) is 16.0. The molecule has 0 aliphatic rings. The van der Waals surface area contributed by atoms with Crippen LogP contribution in [0.25, 0.3) is 11.1 Å². The number of rotatable bonds is 5. The molecule has 2 heterocycles. The third-order valence-corrected chi connectivity index (χ3v) is 4.38. The summed E-state index contributed by atoms with van der Waals surface area (Å²) >= 11 is 0. The van der Waals surface area contributed by atoms with Gasteiger partial charge in [-0.3, -0.25) is 14.2 Å². The summed E-state index contributed by atoms with van der Waals surface area (Å²) in [5, 5.41) is 3.48. The van der Waals surface area contributed by atoms with Crippen LogP contribution in [-0.2, 0) is 9.53 Å². The molecule has 1 atom stereocenters. The molecule has 0 spiro atoms. The standard InChI is InChI=1S/C19H20N4O5/c1-5-27-19(26)15-14-16(28-21-15)20-10-23(18(14)25)12(3)17(24)22(4)13-8-6-7-11(2)9-13/h6-10,12H,5H2,1-4H3/t12-/m1/s1. The van der Waals surface area contributed by atoms with Crippen LogP contribution in [0.2, 0.25) is 0 Å². The molecular formula is C19H20N4O5. The molecule has 0 aliphatic heterocycles. The second-order valence-electron chi connectivity index (χ2n) is 6.30. The van der Waals surface area contributed by atoms with Gasteiger partial charge in [0.25, 0.3) is 11.3 Å². The van der Waals surface area contributed by atoms with Crippen molar-refractivity contribution in [2.45, 2.75) is 26.8 Å². The number of nitrogens with zero attached hydrogens (tertiary/aromatic N) is 4. The van der Waals surface area contributed by atoms with Crippen molar-refractivity contribution >= 4 is 28.7 Å². The van der Waals surface area contributed by atoms with Gasteiger partial charge in [0.1, 0.15) is 17.8 Å². The Morgan fingerprint density at radius 2 is 2.11 bits per heavy atom. The summed E-state index contributed by atoms with van der Waals surface area (Å²) in [6.45, 7) is 5.27. The van der Waals surface area contributed by atoms with Crippen LogP contribution in [0.3, 0.4) is 0 Å².